The van der Waals surface area contributed by atoms with Gasteiger partial charge in [-0.1, -0.05) is 12.1 Å². The average molecular weight is 380 g/mol. The fourth-order valence-electron chi connectivity index (χ4n) is 2.91. The summed E-state index contributed by atoms with van der Waals surface area (Å²) in [4.78, 5) is 54.7. The number of nitrogens with zero attached hydrogens (tertiary/aromatic N) is 3. The second-order valence-electron chi connectivity index (χ2n) is 6.45. The van der Waals surface area contributed by atoms with Crippen molar-refractivity contribution in [2.45, 2.75) is 6.92 Å². The SMILES string of the molecule is CC(=O)c1cccc(NC(=O)c2cc(C(=O)N3CCN(C=O)CC3)ccn2)c1. The largest absolute Gasteiger partial charge is 0.342 e. The Morgan fingerprint density at radius 3 is 2.46 bits per heavy atom. The van der Waals surface area contributed by atoms with E-state index in [1.807, 2.05) is 0 Å². The number of rotatable bonds is 5. The first-order valence-corrected chi connectivity index (χ1v) is 8.85. The topological polar surface area (TPSA) is 99.7 Å². The molecule has 3 amide bonds. The zero-order valence-corrected chi connectivity index (χ0v) is 15.4. The monoisotopic (exact) mass is 380 g/mol. The van der Waals surface area contributed by atoms with Gasteiger partial charge in [0.1, 0.15) is 5.69 Å². The van der Waals surface area contributed by atoms with Gasteiger partial charge in [-0.3, -0.25) is 24.2 Å². The fraction of sp³-hybridized carbons (Fsp3) is 0.250. The van der Waals surface area contributed by atoms with E-state index in [1.165, 1.54) is 19.2 Å². The van der Waals surface area contributed by atoms with Crippen molar-refractivity contribution in [3.63, 3.8) is 0 Å². The van der Waals surface area contributed by atoms with Crippen LogP contribution >= 0.6 is 0 Å². The lowest BCUT2D eigenvalue weighted by Gasteiger charge is -2.32. The summed E-state index contributed by atoms with van der Waals surface area (Å²) in [5.41, 5.74) is 1.42. The summed E-state index contributed by atoms with van der Waals surface area (Å²) in [5.74, 6) is -0.779. The smallest absolute Gasteiger partial charge is 0.274 e. The van der Waals surface area contributed by atoms with Gasteiger partial charge in [0.2, 0.25) is 6.41 Å². The molecule has 3 rings (SSSR count). The molecule has 1 aromatic heterocycles. The minimum atomic E-state index is -0.471. The third-order valence-electron chi connectivity index (χ3n) is 4.52. The van der Waals surface area contributed by atoms with Crippen LogP contribution in [0.1, 0.15) is 38.1 Å². The molecule has 0 atom stereocenters. The molecule has 8 heteroatoms. The lowest BCUT2D eigenvalue weighted by molar-refractivity contribution is -0.119. The third-order valence-corrected chi connectivity index (χ3v) is 4.52. The predicted molar refractivity (Wildman–Crippen MR) is 102 cm³/mol. The van der Waals surface area contributed by atoms with Gasteiger partial charge in [-0.25, -0.2) is 0 Å². The number of nitrogens with one attached hydrogen (secondary N) is 1. The molecule has 2 heterocycles. The van der Waals surface area contributed by atoms with Crippen LogP contribution in [0.4, 0.5) is 5.69 Å². The van der Waals surface area contributed by atoms with E-state index in [9.17, 15) is 19.2 Å². The zero-order chi connectivity index (χ0) is 20.1. The fourth-order valence-corrected chi connectivity index (χ4v) is 2.91. The molecule has 1 aliphatic rings. The lowest BCUT2D eigenvalue weighted by Crippen LogP contribution is -2.48. The van der Waals surface area contributed by atoms with Gasteiger partial charge in [0, 0.05) is 49.2 Å². The highest BCUT2D eigenvalue weighted by Gasteiger charge is 2.22. The first kappa shape index (κ1) is 19.2. The van der Waals surface area contributed by atoms with Crippen LogP contribution in [0.2, 0.25) is 0 Å². The summed E-state index contributed by atoms with van der Waals surface area (Å²) >= 11 is 0. The zero-order valence-electron chi connectivity index (χ0n) is 15.4. The number of aromatic nitrogens is 1. The molecule has 0 aliphatic carbocycles. The summed E-state index contributed by atoms with van der Waals surface area (Å²) < 4.78 is 0. The maximum absolute atomic E-state index is 12.7. The van der Waals surface area contributed by atoms with Crippen LogP contribution in [0.5, 0.6) is 0 Å². The Kier molecular flexibility index (Phi) is 5.78. The molecule has 0 unspecified atom stereocenters. The Balaban J connectivity index is 1.71. The van der Waals surface area contributed by atoms with E-state index in [4.69, 9.17) is 0 Å². The number of amides is 3. The normalized spacial score (nSPS) is 13.8. The lowest BCUT2D eigenvalue weighted by atomic mass is 10.1. The van der Waals surface area contributed by atoms with Crippen LogP contribution in [0.15, 0.2) is 42.6 Å². The molecule has 2 aromatic rings. The van der Waals surface area contributed by atoms with Crippen LogP contribution in [0, 0.1) is 0 Å². The number of pyridine rings is 1. The summed E-state index contributed by atoms with van der Waals surface area (Å²) in [5, 5.41) is 2.69. The van der Waals surface area contributed by atoms with Gasteiger partial charge in [-0.2, -0.15) is 0 Å². The van der Waals surface area contributed by atoms with Crippen molar-refractivity contribution in [1.82, 2.24) is 14.8 Å². The maximum Gasteiger partial charge on any atom is 0.274 e. The first-order valence-electron chi connectivity index (χ1n) is 8.85. The van der Waals surface area contributed by atoms with Gasteiger partial charge in [0.25, 0.3) is 11.8 Å². The molecule has 0 saturated carbocycles. The van der Waals surface area contributed by atoms with Gasteiger partial charge in [0.05, 0.1) is 0 Å². The molecule has 1 saturated heterocycles. The van der Waals surface area contributed by atoms with Gasteiger partial charge in [-0.05, 0) is 31.2 Å². The number of hydrogen-bond acceptors (Lipinski definition) is 5. The van der Waals surface area contributed by atoms with Gasteiger partial charge in [-0.15, -0.1) is 0 Å². The van der Waals surface area contributed by atoms with Crippen LogP contribution in [-0.2, 0) is 4.79 Å². The number of ketones is 1. The number of piperazine rings is 1. The molecule has 1 aliphatic heterocycles. The van der Waals surface area contributed by atoms with E-state index < -0.39 is 5.91 Å². The number of hydrogen-bond donors (Lipinski definition) is 1. The Labute approximate surface area is 162 Å². The Morgan fingerprint density at radius 2 is 1.79 bits per heavy atom. The molecule has 0 bridgehead atoms. The van der Waals surface area contributed by atoms with Crippen LogP contribution in [-0.4, -0.2) is 65.0 Å². The van der Waals surface area contributed by atoms with Gasteiger partial charge < -0.3 is 15.1 Å². The summed E-state index contributed by atoms with van der Waals surface area (Å²) in [6.45, 7) is 3.31. The van der Waals surface area contributed by atoms with Crippen molar-refractivity contribution in [2.24, 2.45) is 0 Å². The predicted octanol–water partition coefficient (Wildman–Crippen LogP) is 1.45. The van der Waals surface area contributed by atoms with E-state index in [2.05, 4.69) is 10.3 Å². The van der Waals surface area contributed by atoms with Crippen LogP contribution < -0.4 is 5.32 Å². The minimum absolute atomic E-state index is 0.100. The molecule has 1 aromatic carbocycles. The number of carbonyl (C=O) groups excluding carboxylic acids is 4. The number of benzene rings is 1. The van der Waals surface area contributed by atoms with Gasteiger partial charge in [0.15, 0.2) is 5.78 Å². The highest BCUT2D eigenvalue weighted by atomic mass is 16.2. The number of carbonyl (C=O) groups is 4. The van der Waals surface area contributed by atoms with E-state index in [1.54, 1.807) is 40.1 Å². The van der Waals surface area contributed by atoms with E-state index in [0.717, 1.165) is 6.41 Å². The molecular formula is C20H20N4O4. The molecule has 0 spiro atoms. The highest BCUT2D eigenvalue weighted by Crippen LogP contribution is 2.14. The minimum Gasteiger partial charge on any atom is -0.342 e. The molecular weight excluding hydrogens is 360 g/mol. The summed E-state index contributed by atoms with van der Waals surface area (Å²) in [6, 6.07) is 9.60. The molecule has 1 fully saturated rings. The molecule has 144 valence electrons. The van der Waals surface area contributed by atoms with Crippen molar-refractivity contribution in [2.75, 3.05) is 31.5 Å². The maximum atomic E-state index is 12.7. The Hall–Kier alpha value is -3.55. The average Bonchev–Trinajstić information content (AvgIpc) is 2.73. The third kappa shape index (κ3) is 4.40. The molecule has 28 heavy (non-hydrogen) atoms. The van der Waals surface area contributed by atoms with Crippen molar-refractivity contribution in [3.8, 4) is 0 Å². The standard InChI is InChI=1S/C20H20N4O4/c1-14(26)15-3-2-4-17(11-15)22-19(27)18-12-16(5-6-21-18)20(28)24-9-7-23(13-25)8-10-24/h2-6,11-13H,7-10H2,1H3,(H,22,27). The Morgan fingerprint density at radius 1 is 1.04 bits per heavy atom. The van der Waals surface area contributed by atoms with Gasteiger partial charge >= 0.3 is 0 Å². The van der Waals surface area contributed by atoms with E-state index in [0.29, 0.717) is 43.0 Å². The summed E-state index contributed by atoms with van der Waals surface area (Å²) in [7, 11) is 0. The number of anilines is 1. The van der Waals surface area contributed by atoms with Crippen molar-refractivity contribution in [3.05, 3.63) is 59.4 Å². The highest BCUT2D eigenvalue weighted by molar-refractivity contribution is 6.05. The van der Waals surface area contributed by atoms with Crippen molar-refractivity contribution < 1.29 is 19.2 Å². The van der Waals surface area contributed by atoms with E-state index >= 15 is 0 Å². The van der Waals surface area contributed by atoms with E-state index in [-0.39, 0.29) is 17.4 Å². The second-order valence-corrected chi connectivity index (χ2v) is 6.45. The summed E-state index contributed by atoms with van der Waals surface area (Å²) in [6.07, 6.45) is 2.19. The van der Waals surface area contributed by atoms with Crippen molar-refractivity contribution >= 4 is 29.7 Å². The quantitative estimate of drug-likeness (QED) is 0.625. The Bertz CT molecular complexity index is 920. The molecule has 1 N–H and O–H groups in total. The van der Waals surface area contributed by atoms with Crippen LogP contribution in [0.3, 0.4) is 0 Å². The second kappa shape index (κ2) is 8.43. The first-order chi connectivity index (χ1) is 13.5. The molecule has 8 nitrogen and oxygen atoms in total. The van der Waals surface area contributed by atoms with Crippen molar-refractivity contribution in [1.29, 1.82) is 0 Å². The molecule has 0 radical (unpaired) electrons. The number of Topliss-reactive ketones (excluding diaryl/α,β-unsaturated/α-hetero) is 1. The van der Waals surface area contributed by atoms with Crippen LogP contribution in [0.25, 0.3) is 0 Å².